The first-order valence-electron chi connectivity index (χ1n) is 7.98. The first kappa shape index (κ1) is 17.2. The van der Waals surface area contributed by atoms with E-state index in [0.29, 0.717) is 16.1 Å². The maximum atomic E-state index is 12.5. The molecular weight excluding hydrogens is 334 g/mol. The minimum atomic E-state index is -0.188. The smallest absolute Gasteiger partial charge is 0.259 e. The van der Waals surface area contributed by atoms with E-state index in [0.717, 1.165) is 5.56 Å². The van der Waals surface area contributed by atoms with Gasteiger partial charge in [0, 0.05) is 7.05 Å². The van der Waals surface area contributed by atoms with Crippen LogP contribution < -0.4 is 5.56 Å². The normalized spacial score (nSPS) is 12.1. The van der Waals surface area contributed by atoms with Crippen LogP contribution >= 0.6 is 11.8 Å². The minimum absolute atomic E-state index is 0.0158. The minimum Gasteiger partial charge on any atom is -0.338 e. The lowest BCUT2D eigenvalue weighted by Gasteiger charge is -2.25. The number of thioether (sulfide) groups is 1. The van der Waals surface area contributed by atoms with Crippen LogP contribution in [-0.2, 0) is 4.79 Å². The van der Waals surface area contributed by atoms with Crippen molar-refractivity contribution >= 4 is 28.6 Å². The highest BCUT2D eigenvalue weighted by Gasteiger charge is 2.17. The molecule has 3 rings (SSSR count). The largest absolute Gasteiger partial charge is 0.338 e. The number of aromatic amines is 1. The van der Waals surface area contributed by atoms with Crippen LogP contribution in [0, 0.1) is 0 Å². The van der Waals surface area contributed by atoms with E-state index < -0.39 is 0 Å². The van der Waals surface area contributed by atoms with E-state index >= 15 is 0 Å². The lowest BCUT2D eigenvalue weighted by Crippen LogP contribution is -2.31. The number of benzene rings is 2. The predicted molar refractivity (Wildman–Crippen MR) is 101 cm³/mol. The fourth-order valence-corrected chi connectivity index (χ4v) is 3.33. The van der Waals surface area contributed by atoms with E-state index in [1.807, 2.05) is 43.3 Å². The van der Waals surface area contributed by atoms with Crippen molar-refractivity contribution in [2.24, 2.45) is 0 Å². The van der Waals surface area contributed by atoms with Crippen LogP contribution in [0.5, 0.6) is 0 Å². The third kappa shape index (κ3) is 3.91. The van der Waals surface area contributed by atoms with Crippen LogP contribution in [0.3, 0.4) is 0 Å². The third-order valence-corrected chi connectivity index (χ3v) is 5.04. The summed E-state index contributed by atoms with van der Waals surface area (Å²) < 4.78 is 0. The monoisotopic (exact) mass is 353 g/mol. The number of H-pyrrole nitrogens is 1. The number of rotatable bonds is 5. The lowest BCUT2D eigenvalue weighted by molar-refractivity contribution is -0.128. The Morgan fingerprint density at radius 1 is 1.16 bits per heavy atom. The molecule has 128 valence electrons. The maximum Gasteiger partial charge on any atom is 0.259 e. The lowest BCUT2D eigenvalue weighted by atomic mass is 10.1. The molecule has 6 heteroatoms. The van der Waals surface area contributed by atoms with E-state index in [-0.39, 0.29) is 23.3 Å². The van der Waals surface area contributed by atoms with Crippen molar-refractivity contribution in [1.29, 1.82) is 0 Å². The fourth-order valence-electron chi connectivity index (χ4n) is 2.54. The maximum absolute atomic E-state index is 12.5. The highest BCUT2D eigenvalue weighted by atomic mass is 32.2. The number of hydrogen-bond donors (Lipinski definition) is 1. The highest BCUT2D eigenvalue weighted by Crippen LogP contribution is 2.21. The summed E-state index contributed by atoms with van der Waals surface area (Å²) in [6.07, 6.45) is 0. The van der Waals surface area contributed by atoms with E-state index in [2.05, 4.69) is 9.97 Å². The summed E-state index contributed by atoms with van der Waals surface area (Å²) in [6, 6.07) is 17.0. The van der Waals surface area contributed by atoms with Gasteiger partial charge >= 0.3 is 0 Å². The zero-order valence-corrected chi connectivity index (χ0v) is 14.9. The first-order valence-corrected chi connectivity index (χ1v) is 8.97. The quantitative estimate of drug-likeness (QED) is 0.565. The fraction of sp³-hybridized carbons (Fsp3) is 0.211. The standard InChI is InChI=1S/C19H19N3O2S/c1-13(14-8-4-3-5-9-14)22(2)17(23)12-25-19-20-16-11-7-6-10-15(16)18(24)21-19/h3-11,13H,12H2,1-2H3,(H,20,21,24)/t13-/m0/s1. The Labute approximate surface area is 150 Å². The second-order valence-electron chi connectivity index (χ2n) is 5.77. The zero-order chi connectivity index (χ0) is 17.8. The molecular formula is C19H19N3O2S. The molecule has 0 spiro atoms. The Morgan fingerprint density at radius 2 is 1.84 bits per heavy atom. The molecule has 1 atom stereocenters. The van der Waals surface area contributed by atoms with Gasteiger partial charge in [-0.3, -0.25) is 9.59 Å². The summed E-state index contributed by atoms with van der Waals surface area (Å²) in [7, 11) is 1.79. The van der Waals surface area contributed by atoms with Crippen molar-refractivity contribution in [3.05, 3.63) is 70.5 Å². The molecule has 1 N–H and O–H groups in total. The molecule has 1 amide bonds. The first-order chi connectivity index (χ1) is 12.1. The van der Waals surface area contributed by atoms with Gasteiger partial charge in [-0.25, -0.2) is 4.98 Å². The number of fused-ring (bicyclic) bond motifs is 1. The van der Waals surface area contributed by atoms with Crippen LogP contribution in [-0.4, -0.2) is 33.6 Å². The van der Waals surface area contributed by atoms with Crippen molar-refractivity contribution in [1.82, 2.24) is 14.9 Å². The molecule has 0 aliphatic heterocycles. The Bertz CT molecular complexity index is 940. The van der Waals surface area contributed by atoms with Crippen molar-refractivity contribution in [2.45, 2.75) is 18.1 Å². The Hall–Kier alpha value is -2.60. The van der Waals surface area contributed by atoms with Gasteiger partial charge < -0.3 is 9.88 Å². The molecule has 5 nitrogen and oxygen atoms in total. The number of aromatic nitrogens is 2. The van der Waals surface area contributed by atoms with Gasteiger partial charge in [-0.15, -0.1) is 0 Å². The molecule has 1 heterocycles. The number of hydrogen-bond acceptors (Lipinski definition) is 4. The predicted octanol–water partition coefficient (Wildman–Crippen LogP) is 3.23. The number of amides is 1. The molecule has 0 aliphatic carbocycles. The summed E-state index contributed by atoms with van der Waals surface area (Å²) in [5.41, 5.74) is 1.53. The van der Waals surface area contributed by atoms with Crippen molar-refractivity contribution in [3.63, 3.8) is 0 Å². The molecule has 0 bridgehead atoms. The Kier molecular flexibility index (Phi) is 5.19. The highest BCUT2D eigenvalue weighted by molar-refractivity contribution is 7.99. The SMILES string of the molecule is C[C@@H](c1ccccc1)N(C)C(=O)CSc1nc2ccccc2c(=O)[nH]1. The average molecular weight is 353 g/mol. The summed E-state index contributed by atoms with van der Waals surface area (Å²) in [4.78, 5) is 33.4. The number of carbonyl (C=O) groups is 1. The summed E-state index contributed by atoms with van der Waals surface area (Å²) in [5.74, 6) is 0.201. The second-order valence-corrected chi connectivity index (χ2v) is 6.73. The van der Waals surface area contributed by atoms with Gasteiger partial charge in [0.2, 0.25) is 5.91 Å². The summed E-state index contributed by atoms with van der Waals surface area (Å²) >= 11 is 1.24. The van der Waals surface area contributed by atoms with Crippen molar-refractivity contribution < 1.29 is 4.79 Å². The average Bonchev–Trinajstić information content (AvgIpc) is 2.65. The molecule has 1 aromatic heterocycles. The van der Waals surface area contributed by atoms with E-state index in [1.165, 1.54) is 11.8 Å². The summed E-state index contributed by atoms with van der Waals surface area (Å²) in [6.45, 7) is 1.99. The van der Waals surface area contributed by atoms with Crippen LogP contribution in [0.25, 0.3) is 10.9 Å². The number of para-hydroxylation sites is 1. The molecule has 2 aromatic carbocycles. The summed E-state index contributed by atoms with van der Waals surface area (Å²) in [5, 5.41) is 1.01. The number of carbonyl (C=O) groups excluding carboxylic acids is 1. The zero-order valence-electron chi connectivity index (χ0n) is 14.1. The van der Waals surface area contributed by atoms with Crippen LogP contribution in [0.4, 0.5) is 0 Å². The Morgan fingerprint density at radius 3 is 2.60 bits per heavy atom. The second kappa shape index (κ2) is 7.53. The molecule has 0 unspecified atom stereocenters. The van der Waals surface area contributed by atoms with Crippen molar-refractivity contribution in [3.8, 4) is 0 Å². The molecule has 0 aliphatic rings. The van der Waals surface area contributed by atoms with Crippen LogP contribution in [0.2, 0.25) is 0 Å². The van der Waals surface area contributed by atoms with Gasteiger partial charge in [0.05, 0.1) is 22.7 Å². The van der Waals surface area contributed by atoms with E-state index in [4.69, 9.17) is 0 Å². The van der Waals surface area contributed by atoms with Crippen LogP contribution in [0.15, 0.2) is 64.5 Å². The van der Waals surface area contributed by atoms with Crippen LogP contribution in [0.1, 0.15) is 18.5 Å². The molecule has 0 saturated heterocycles. The topological polar surface area (TPSA) is 66.1 Å². The Balaban J connectivity index is 1.69. The van der Waals surface area contributed by atoms with Gasteiger partial charge in [-0.1, -0.05) is 54.2 Å². The molecule has 3 aromatic rings. The number of nitrogens with zero attached hydrogens (tertiary/aromatic N) is 2. The van der Waals surface area contributed by atoms with Gasteiger partial charge in [-0.05, 0) is 24.6 Å². The van der Waals surface area contributed by atoms with Gasteiger partial charge in [0.25, 0.3) is 5.56 Å². The van der Waals surface area contributed by atoms with Gasteiger partial charge in [0.15, 0.2) is 5.16 Å². The molecule has 0 radical (unpaired) electrons. The molecule has 25 heavy (non-hydrogen) atoms. The van der Waals surface area contributed by atoms with E-state index in [1.54, 1.807) is 30.1 Å². The van der Waals surface area contributed by atoms with Gasteiger partial charge in [-0.2, -0.15) is 0 Å². The molecule has 0 fully saturated rings. The molecule has 0 saturated carbocycles. The number of nitrogens with one attached hydrogen (secondary N) is 1. The van der Waals surface area contributed by atoms with E-state index in [9.17, 15) is 9.59 Å². The van der Waals surface area contributed by atoms with Crippen molar-refractivity contribution in [2.75, 3.05) is 12.8 Å². The third-order valence-electron chi connectivity index (χ3n) is 4.18. The van der Waals surface area contributed by atoms with Gasteiger partial charge in [0.1, 0.15) is 0 Å².